The smallest absolute Gasteiger partial charge is 0.243 e. The minimum atomic E-state index is -3.60. The third kappa shape index (κ3) is 5.68. The molecule has 1 fully saturated rings. The summed E-state index contributed by atoms with van der Waals surface area (Å²) in [6, 6.07) is 12.3. The van der Waals surface area contributed by atoms with Crippen LogP contribution < -0.4 is 10.1 Å². The molecule has 29 heavy (non-hydrogen) atoms. The maximum atomic E-state index is 12.9. The Bertz CT molecular complexity index is 957. The van der Waals surface area contributed by atoms with E-state index in [1.54, 1.807) is 18.2 Å². The lowest BCUT2D eigenvalue weighted by Gasteiger charge is -2.26. The van der Waals surface area contributed by atoms with Crippen LogP contribution in [-0.4, -0.2) is 52.0 Å². The van der Waals surface area contributed by atoms with Crippen LogP contribution in [-0.2, 0) is 26.0 Å². The number of nitrogens with zero attached hydrogens (tertiary/aromatic N) is 1. The standard InChI is InChI=1S/C20H23IN2O5S/c1-27-19-8-7-18(29(25,26)23-10-12-28-13-11-23)14-15(19)2-9-20(24)22-17-5-3-16(21)4-6-17/h3-8,14H,2,9-13H2,1H3,(H,22,24). The highest BCUT2D eigenvalue weighted by molar-refractivity contribution is 14.1. The normalized spacial score (nSPS) is 15.1. The first-order valence-electron chi connectivity index (χ1n) is 9.20. The average molecular weight is 530 g/mol. The maximum Gasteiger partial charge on any atom is 0.243 e. The lowest BCUT2D eigenvalue weighted by atomic mass is 10.1. The Labute approximate surface area is 184 Å². The highest BCUT2D eigenvalue weighted by Gasteiger charge is 2.27. The molecule has 1 aliphatic rings. The number of morpholine rings is 1. The van der Waals surface area contributed by atoms with Crippen molar-refractivity contribution >= 4 is 44.2 Å². The summed E-state index contributed by atoms with van der Waals surface area (Å²) in [5.41, 5.74) is 1.41. The predicted octanol–water partition coefficient (Wildman–Crippen LogP) is 2.89. The molecule has 0 spiro atoms. The number of methoxy groups -OCH3 is 1. The van der Waals surface area contributed by atoms with Gasteiger partial charge < -0.3 is 14.8 Å². The second-order valence-electron chi connectivity index (χ2n) is 6.55. The Morgan fingerprint density at radius 1 is 1.17 bits per heavy atom. The number of aryl methyl sites for hydroxylation is 1. The van der Waals surface area contributed by atoms with Crippen molar-refractivity contribution in [2.24, 2.45) is 0 Å². The van der Waals surface area contributed by atoms with E-state index in [4.69, 9.17) is 9.47 Å². The number of ether oxygens (including phenoxy) is 2. The first kappa shape index (κ1) is 22.0. The second-order valence-corrected chi connectivity index (χ2v) is 9.73. The van der Waals surface area contributed by atoms with Gasteiger partial charge in [0.25, 0.3) is 0 Å². The minimum absolute atomic E-state index is 0.144. The number of nitrogens with one attached hydrogen (secondary N) is 1. The molecular weight excluding hydrogens is 507 g/mol. The van der Waals surface area contributed by atoms with Crippen molar-refractivity contribution in [3.8, 4) is 5.75 Å². The highest BCUT2D eigenvalue weighted by Crippen LogP contribution is 2.26. The predicted molar refractivity (Wildman–Crippen MR) is 119 cm³/mol. The molecule has 1 amide bonds. The van der Waals surface area contributed by atoms with E-state index in [9.17, 15) is 13.2 Å². The van der Waals surface area contributed by atoms with Crippen LogP contribution in [0.3, 0.4) is 0 Å². The van der Waals surface area contributed by atoms with Crippen LogP contribution in [0.4, 0.5) is 5.69 Å². The molecule has 1 saturated heterocycles. The Hall–Kier alpha value is -1.69. The summed E-state index contributed by atoms with van der Waals surface area (Å²) in [5, 5.41) is 2.85. The molecule has 156 valence electrons. The number of hydrogen-bond acceptors (Lipinski definition) is 5. The lowest BCUT2D eigenvalue weighted by molar-refractivity contribution is -0.116. The number of rotatable bonds is 7. The molecule has 2 aromatic rings. The molecule has 1 aliphatic heterocycles. The van der Waals surface area contributed by atoms with Crippen LogP contribution in [0.2, 0.25) is 0 Å². The molecule has 0 saturated carbocycles. The zero-order valence-electron chi connectivity index (χ0n) is 16.1. The van der Waals surface area contributed by atoms with Crippen molar-refractivity contribution in [1.82, 2.24) is 4.31 Å². The summed E-state index contributed by atoms with van der Waals surface area (Å²) in [6.45, 7) is 1.45. The molecule has 0 aliphatic carbocycles. The number of hydrogen-bond donors (Lipinski definition) is 1. The SMILES string of the molecule is COc1ccc(S(=O)(=O)N2CCOCC2)cc1CCC(=O)Nc1ccc(I)cc1. The number of carbonyl (C=O) groups excluding carboxylic acids is 1. The number of sulfonamides is 1. The van der Waals surface area contributed by atoms with E-state index in [1.807, 2.05) is 24.3 Å². The van der Waals surface area contributed by atoms with Gasteiger partial charge in [-0.3, -0.25) is 4.79 Å². The summed E-state index contributed by atoms with van der Waals surface area (Å²) < 4.78 is 38.9. The maximum absolute atomic E-state index is 12.9. The first-order chi connectivity index (χ1) is 13.9. The Morgan fingerprint density at radius 2 is 1.86 bits per heavy atom. The molecule has 0 aromatic heterocycles. The fourth-order valence-corrected chi connectivity index (χ4v) is 4.87. The summed E-state index contributed by atoms with van der Waals surface area (Å²) >= 11 is 2.20. The van der Waals surface area contributed by atoms with E-state index in [-0.39, 0.29) is 17.2 Å². The molecule has 1 heterocycles. The van der Waals surface area contributed by atoms with E-state index in [0.717, 1.165) is 9.26 Å². The summed E-state index contributed by atoms with van der Waals surface area (Å²) in [4.78, 5) is 12.5. The van der Waals surface area contributed by atoms with Crippen LogP contribution in [0.15, 0.2) is 47.4 Å². The summed E-state index contributed by atoms with van der Waals surface area (Å²) in [7, 11) is -2.08. The van der Waals surface area contributed by atoms with E-state index in [0.29, 0.717) is 44.0 Å². The van der Waals surface area contributed by atoms with Crippen molar-refractivity contribution in [1.29, 1.82) is 0 Å². The topological polar surface area (TPSA) is 84.9 Å². The zero-order chi connectivity index (χ0) is 20.9. The fourth-order valence-electron chi connectivity index (χ4n) is 3.05. The molecule has 0 unspecified atom stereocenters. The van der Waals surface area contributed by atoms with Crippen LogP contribution >= 0.6 is 22.6 Å². The van der Waals surface area contributed by atoms with Crippen molar-refractivity contribution < 1.29 is 22.7 Å². The lowest BCUT2D eigenvalue weighted by Crippen LogP contribution is -2.40. The van der Waals surface area contributed by atoms with Gasteiger partial charge in [0.2, 0.25) is 15.9 Å². The zero-order valence-corrected chi connectivity index (χ0v) is 19.0. The van der Waals surface area contributed by atoms with Crippen molar-refractivity contribution in [3.05, 3.63) is 51.6 Å². The molecule has 0 radical (unpaired) electrons. The Morgan fingerprint density at radius 3 is 2.52 bits per heavy atom. The van der Waals surface area contributed by atoms with E-state index in [1.165, 1.54) is 11.4 Å². The van der Waals surface area contributed by atoms with Crippen LogP contribution in [0.1, 0.15) is 12.0 Å². The molecule has 0 bridgehead atoms. The Kier molecular flexibility index (Phi) is 7.49. The summed E-state index contributed by atoms with van der Waals surface area (Å²) in [6.07, 6.45) is 0.579. The third-order valence-corrected chi connectivity index (χ3v) is 7.22. The van der Waals surface area contributed by atoms with Gasteiger partial charge in [0.15, 0.2) is 0 Å². The third-order valence-electron chi connectivity index (χ3n) is 4.61. The second kappa shape index (κ2) is 9.88. The molecular formula is C20H23IN2O5S. The molecule has 1 N–H and O–H groups in total. The number of anilines is 1. The molecule has 0 atom stereocenters. The molecule has 3 rings (SSSR count). The number of carbonyl (C=O) groups is 1. The molecule has 7 nitrogen and oxygen atoms in total. The average Bonchev–Trinajstić information content (AvgIpc) is 2.74. The largest absolute Gasteiger partial charge is 0.496 e. The van der Waals surface area contributed by atoms with Gasteiger partial charge in [-0.1, -0.05) is 0 Å². The number of benzene rings is 2. The van der Waals surface area contributed by atoms with Gasteiger partial charge in [-0.05, 0) is 77.0 Å². The van der Waals surface area contributed by atoms with Crippen molar-refractivity contribution in [3.63, 3.8) is 0 Å². The quantitative estimate of drug-likeness (QED) is 0.557. The molecule has 2 aromatic carbocycles. The molecule has 9 heteroatoms. The van der Waals surface area contributed by atoms with Crippen molar-refractivity contribution in [2.45, 2.75) is 17.7 Å². The van der Waals surface area contributed by atoms with Gasteiger partial charge in [-0.25, -0.2) is 8.42 Å². The summed E-state index contributed by atoms with van der Waals surface area (Å²) in [5.74, 6) is 0.419. The van der Waals surface area contributed by atoms with Gasteiger partial charge >= 0.3 is 0 Å². The van der Waals surface area contributed by atoms with Crippen LogP contribution in [0.5, 0.6) is 5.75 Å². The number of amides is 1. The van der Waals surface area contributed by atoms with E-state index < -0.39 is 10.0 Å². The van der Waals surface area contributed by atoms with Gasteiger partial charge in [-0.15, -0.1) is 0 Å². The minimum Gasteiger partial charge on any atom is -0.496 e. The van der Waals surface area contributed by atoms with Gasteiger partial charge in [-0.2, -0.15) is 4.31 Å². The van der Waals surface area contributed by atoms with Crippen molar-refractivity contribution in [2.75, 3.05) is 38.7 Å². The van der Waals surface area contributed by atoms with Gasteiger partial charge in [0, 0.05) is 28.8 Å². The monoisotopic (exact) mass is 530 g/mol. The fraction of sp³-hybridized carbons (Fsp3) is 0.350. The van der Waals surface area contributed by atoms with Gasteiger partial charge in [0.1, 0.15) is 5.75 Å². The van der Waals surface area contributed by atoms with E-state index in [2.05, 4.69) is 27.9 Å². The number of halogens is 1. The first-order valence-corrected chi connectivity index (χ1v) is 11.7. The van der Waals surface area contributed by atoms with E-state index >= 15 is 0 Å². The van der Waals surface area contributed by atoms with Crippen LogP contribution in [0.25, 0.3) is 0 Å². The van der Waals surface area contributed by atoms with Crippen LogP contribution in [0, 0.1) is 3.57 Å². The highest BCUT2D eigenvalue weighted by atomic mass is 127. The van der Waals surface area contributed by atoms with Gasteiger partial charge in [0.05, 0.1) is 25.2 Å². The Balaban J connectivity index is 1.71.